The fraction of sp³-hybridized carbons (Fsp3) is 0.125. The van der Waals surface area contributed by atoms with Gasteiger partial charge in [0.1, 0.15) is 5.75 Å². The van der Waals surface area contributed by atoms with Gasteiger partial charge in [-0.1, -0.05) is 24.3 Å². The topological polar surface area (TPSA) is 79.5 Å². The predicted molar refractivity (Wildman–Crippen MR) is 96.3 cm³/mol. The highest BCUT2D eigenvalue weighted by Crippen LogP contribution is 2.22. The smallest absolute Gasteiger partial charge is 0.270 e. The van der Waals surface area contributed by atoms with Crippen LogP contribution < -0.4 is 20.9 Å². The van der Waals surface area contributed by atoms with Crippen LogP contribution in [0.2, 0.25) is 0 Å². The molecular weight excluding hydrogens is 409 g/mol. The average molecular weight is 425 g/mol. The Morgan fingerprint density at radius 2 is 1.74 bits per heavy atom. The number of rotatable bonds is 5. The van der Waals surface area contributed by atoms with Gasteiger partial charge >= 0.3 is 0 Å². The fourth-order valence-electron chi connectivity index (χ4n) is 1.85. The van der Waals surface area contributed by atoms with Gasteiger partial charge in [0, 0.05) is 3.57 Å². The van der Waals surface area contributed by atoms with Crippen LogP contribution in [-0.4, -0.2) is 25.5 Å². The van der Waals surface area contributed by atoms with E-state index in [2.05, 4.69) is 38.8 Å². The Morgan fingerprint density at radius 3 is 2.48 bits per heavy atom. The molecule has 0 aliphatic carbocycles. The summed E-state index contributed by atoms with van der Waals surface area (Å²) in [5.74, 6) is -0.0842. The van der Waals surface area contributed by atoms with Crippen LogP contribution in [0.4, 0.5) is 5.69 Å². The maximum absolute atomic E-state index is 12.0. The van der Waals surface area contributed by atoms with Crippen LogP contribution in [0.15, 0.2) is 48.5 Å². The summed E-state index contributed by atoms with van der Waals surface area (Å²) in [4.78, 5) is 23.8. The molecule has 2 amide bonds. The molecule has 0 radical (unpaired) electrons. The van der Waals surface area contributed by atoms with Gasteiger partial charge in [-0.25, -0.2) is 0 Å². The molecule has 0 fully saturated rings. The molecule has 7 heteroatoms. The summed E-state index contributed by atoms with van der Waals surface area (Å²) in [5, 5.41) is 2.95. The van der Waals surface area contributed by atoms with Gasteiger partial charge in [-0.3, -0.25) is 20.4 Å². The van der Waals surface area contributed by atoms with Crippen molar-refractivity contribution in [1.29, 1.82) is 0 Å². The first kappa shape index (κ1) is 17.1. The monoisotopic (exact) mass is 425 g/mol. The van der Waals surface area contributed by atoms with E-state index in [-0.39, 0.29) is 18.4 Å². The van der Waals surface area contributed by atoms with Crippen molar-refractivity contribution in [3.63, 3.8) is 0 Å². The number of hydrogen-bond acceptors (Lipinski definition) is 4. The molecule has 0 aliphatic heterocycles. The Hall–Kier alpha value is -2.29. The first-order valence-electron chi connectivity index (χ1n) is 6.82. The lowest BCUT2D eigenvalue weighted by molar-refractivity contribution is -0.120. The number of ether oxygens (including phenoxy) is 1. The standard InChI is InChI=1S/C16H16IN3O3/c1-23-14-9-5-4-8-13(14)18-10-15(21)19-20-16(22)11-6-2-3-7-12(11)17/h2-9,18H,10H2,1H3,(H,19,21)(H,20,22). The highest BCUT2D eigenvalue weighted by Gasteiger charge is 2.10. The molecule has 23 heavy (non-hydrogen) atoms. The van der Waals surface area contributed by atoms with Crippen molar-refractivity contribution in [2.24, 2.45) is 0 Å². The van der Waals surface area contributed by atoms with E-state index in [9.17, 15) is 9.59 Å². The predicted octanol–water partition coefficient (Wildman–Crippen LogP) is 2.17. The number of para-hydroxylation sites is 2. The third-order valence-corrected chi connectivity index (χ3v) is 3.92. The van der Waals surface area contributed by atoms with Gasteiger partial charge in [0.2, 0.25) is 0 Å². The van der Waals surface area contributed by atoms with Crippen LogP contribution in [0.25, 0.3) is 0 Å². The molecule has 0 spiro atoms. The Kier molecular flexibility index (Phi) is 6.21. The van der Waals surface area contributed by atoms with Crippen LogP contribution in [0.3, 0.4) is 0 Å². The summed E-state index contributed by atoms with van der Waals surface area (Å²) < 4.78 is 5.99. The van der Waals surface area contributed by atoms with E-state index >= 15 is 0 Å². The van der Waals surface area contributed by atoms with Crippen molar-refractivity contribution in [3.05, 3.63) is 57.7 Å². The Bertz CT molecular complexity index is 706. The molecule has 0 saturated carbocycles. The van der Waals surface area contributed by atoms with Gasteiger partial charge in [0.05, 0.1) is 24.9 Å². The van der Waals surface area contributed by atoms with E-state index in [0.717, 1.165) is 3.57 Å². The number of carbonyl (C=O) groups is 2. The summed E-state index contributed by atoms with van der Waals surface area (Å²) >= 11 is 2.06. The summed E-state index contributed by atoms with van der Waals surface area (Å²) in [6.45, 7) is 0.00648. The summed E-state index contributed by atoms with van der Waals surface area (Å²) in [6, 6.07) is 14.4. The number of methoxy groups -OCH3 is 1. The highest BCUT2D eigenvalue weighted by atomic mass is 127. The van der Waals surface area contributed by atoms with Crippen molar-refractivity contribution in [1.82, 2.24) is 10.9 Å². The van der Waals surface area contributed by atoms with E-state index in [0.29, 0.717) is 17.0 Å². The summed E-state index contributed by atoms with van der Waals surface area (Å²) in [7, 11) is 1.56. The zero-order valence-corrected chi connectivity index (χ0v) is 14.6. The number of amides is 2. The zero-order valence-electron chi connectivity index (χ0n) is 12.4. The summed E-state index contributed by atoms with van der Waals surface area (Å²) in [6.07, 6.45) is 0. The quantitative estimate of drug-likeness (QED) is 0.507. The Labute approximate surface area is 147 Å². The van der Waals surface area contributed by atoms with Crippen LogP contribution in [0.1, 0.15) is 10.4 Å². The van der Waals surface area contributed by atoms with Crippen LogP contribution in [-0.2, 0) is 4.79 Å². The number of hydrazine groups is 1. The van der Waals surface area contributed by atoms with Crippen molar-refractivity contribution in [2.75, 3.05) is 19.0 Å². The fourth-order valence-corrected chi connectivity index (χ4v) is 2.48. The Balaban J connectivity index is 1.84. The minimum atomic E-state index is -0.366. The lowest BCUT2D eigenvalue weighted by atomic mass is 10.2. The number of hydrogen-bond donors (Lipinski definition) is 3. The molecular formula is C16H16IN3O3. The maximum Gasteiger partial charge on any atom is 0.270 e. The molecule has 0 saturated heterocycles. The molecule has 3 N–H and O–H groups in total. The minimum Gasteiger partial charge on any atom is -0.495 e. The van der Waals surface area contributed by atoms with Crippen molar-refractivity contribution in [2.45, 2.75) is 0 Å². The number of carbonyl (C=O) groups excluding carboxylic acids is 2. The van der Waals surface area contributed by atoms with E-state index in [4.69, 9.17) is 4.74 Å². The van der Waals surface area contributed by atoms with Gasteiger partial charge in [0.15, 0.2) is 0 Å². The number of anilines is 1. The largest absolute Gasteiger partial charge is 0.495 e. The number of halogens is 1. The van der Waals surface area contributed by atoms with Crippen LogP contribution in [0, 0.1) is 3.57 Å². The average Bonchev–Trinajstić information content (AvgIpc) is 2.58. The maximum atomic E-state index is 12.0. The van der Waals surface area contributed by atoms with Crippen molar-refractivity contribution < 1.29 is 14.3 Å². The first-order valence-corrected chi connectivity index (χ1v) is 7.90. The summed E-state index contributed by atoms with van der Waals surface area (Å²) in [5.41, 5.74) is 5.97. The molecule has 120 valence electrons. The molecule has 6 nitrogen and oxygen atoms in total. The third kappa shape index (κ3) is 4.85. The Morgan fingerprint density at radius 1 is 1.04 bits per heavy atom. The normalized spacial score (nSPS) is 9.83. The lowest BCUT2D eigenvalue weighted by Crippen LogP contribution is -2.44. The molecule has 0 bridgehead atoms. The molecule has 2 aromatic carbocycles. The van der Waals surface area contributed by atoms with E-state index in [1.165, 1.54) is 0 Å². The second-order valence-electron chi connectivity index (χ2n) is 4.54. The van der Waals surface area contributed by atoms with Gasteiger partial charge < -0.3 is 10.1 Å². The number of nitrogens with one attached hydrogen (secondary N) is 3. The van der Waals surface area contributed by atoms with Gasteiger partial charge in [-0.2, -0.15) is 0 Å². The first-order chi connectivity index (χ1) is 11.1. The molecule has 0 unspecified atom stereocenters. The SMILES string of the molecule is COc1ccccc1NCC(=O)NNC(=O)c1ccccc1I. The highest BCUT2D eigenvalue weighted by molar-refractivity contribution is 14.1. The molecule has 2 aromatic rings. The van der Waals surface area contributed by atoms with Crippen molar-refractivity contribution in [3.8, 4) is 5.75 Å². The molecule has 2 rings (SSSR count). The molecule has 0 aromatic heterocycles. The van der Waals surface area contributed by atoms with Gasteiger partial charge in [-0.05, 0) is 46.9 Å². The van der Waals surface area contributed by atoms with Gasteiger partial charge in [-0.15, -0.1) is 0 Å². The van der Waals surface area contributed by atoms with E-state index in [1.54, 1.807) is 31.4 Å². The number of benzene rings is 2. The second-order valence-corrected chi connectivity index (χ2v) is 5.70. The molecule has 0 atom stereocenters. The zero-order chi connectivity index (χ0) is 16.7. The van der Waals surface area contributed by atoms with Crippen molar-refractivity contribution >= 4 is 40.1 Å². The third-order valence-electron chi connectivity index (χ3n) is 2.98. The van der Waals surface area contributed by atoms with Crippen LogP contribution >= 0.6 is 22.6 Å². The van der Waals surface area contributed by atoms with E-state index in [1.807, 2.05) is 24.3 Å². The molecule has 0 aliphatic rings. The lowest BCUT2D eigenvalue weighted by Gasteiger charge is -2.12. The van der Waals surface area contributed by atoms with Gasteiger partial charge in [0.25, 0.3) is 11.8 Å². The van der Waals surface area contributed by atoms with Crippen LogP contribution in [0.5, 0.6) is 5.75 Å². The second kappa shape index (κ2) is 8.37. The molecule has 0 heterocycles. The van der Waals surface area contributed by atoms with E-state index < -0.39 is 0 Å². The minimum absolute atomic E-state index is 0.00648.